The molecule has 0 bridgehead atoms. The first-order valence-electron chi connectivity index (χ1n) is 8.20. The highest BCUT2D eigenvalue weighted by molar-refractivity contribution is 5.80. The van der Waals surface area contributed by atoms with Crippen LogP contribution in [0.2, 0.25) is 0 Å². The number of rotatable bonds is 2. The maximum absolute atomic E-state index is 12.8. The summed E-state index contributed by atoms with van der Waals surface area (Å²) in [5.74, 6) is 2.09. The number of anilines is 1. The van der Waals surface area contributed by atoms with E-state index in [0.717, 1.165) is 51.4 Å². The van der Waals surface area contributed by atoms with Crippen LogP contribution in [0.25, 0.3) is 0 Å². The van der Waals surface area contributed by atoms with Crippen LogP contribution in [-0.2, 0) is 9.53 Å². The number of nitrogens with zero attached hydrogens (tertiary/aromatic N) is 4. The average Bonchev–Trinajstić information content (AvgIpc) is 3.24. The lowest BCUT2D eigenvalue weighted by Gasteiger charge is -2.34. The van der Waals surface area contributed by atoms with Crippen LogP contribution in [0.3, 0.4) is 0 Å². The molecule has 1 amide bonds. The lowest BCUT2D eigenvalue weighted by Crippen LogP contribution is -2.45. The van der Waals surface area contributed by atoms with Crippen LogP contribution >= 0.6 is 0 Å². The molecule has 4 heterocycles. The van der Waals surface area contributed by atoms with Gasteiger partial charge < -0.3 is 14.5 Å². The van der Waals surface area contributed by atoms with E-state index in [2.05, 4.69) is 14.9 Å². The molecule has 1 aromatic heterocycles. The highest BCUT2D eigenvalue weighted by atomic mass is 16.5. The number of fused-ring (bicyclic) bond motifs is 1. The summed E-state index contributed by atoms with van der Waals surface area (Å²) >= 11 is 0. The first-order chi connectivity index (χ1) is 10.8. The Morgan fingerprint density at radius 3 is 2.86 bits per heavy atom. The van der Waals surface area contributed by atoms with E-state index < -0.39 is 0 Å². The molecular weight excluding hydrogens is 280 g/mol. The number of likely N-dealkylation sites (tertiary alicyclic amines) is 1. The molecule has 6 heteroatoms. The van der Waals surface area contributed by atoms with Crippen molar-refractivity contribution in [1.29, 1.82) is 0 Å². The Hall–Kier alpha value is -1.69. The molecule has 3 fully saturated rings. The zero-order valence-electron chi connectivity index (χ0n) is 12.7. The van der Waals surface area contributed by atoms with Crippen molar-refractivity contribution in [3.8, 4) is 0 Å². The summed E-state index contributed by atoms with van der Waals surface area (Å²) in [5.41, 5.74) is 0. The second-order valence-corrected chi connectivity index (χ2v) is 6.57. The fourth-order valence-corrected chi connectivity index (χ4v) is 4.08. The van der Waals surface area contributed by atoms with Gasteiger partial charge in [-0.15, -0.1) is 0 Å². The Morgan fingerprint density at radius 2 is 2.09 bits per heavy atom. The Bertz CT molecular complexity index is 532. The summed E-state index contributed by atoms with van der Waals surface area (Å²) in [6, 6.07) is 1.94. The summed E-state index contributed by atoms with van der Waals surface area (Å²) in [7, 11) is 0. The Morgan fingerprint density at radius 1 is 1.23 bits per heavy atom. The quantitative estimate of drug-likeness (QED) is 0.809. The zero-order valence-corrected chi connectivity index (χ0v) is 12.7. The number of carbonyl (C=O) groups is 1. The van der Waals surface area contributed by atoms with E-state index in [-0.39, 0.29) is 5.92 Å². The maximum atomic E-state index is 12.8. The van der Waals surface area contributed by atoms with Gasteiger partial charge in [-0.2, -0.15) is 0 Å². The Labute approximate surface area is 130 Å². The summed E-state index contributed by atoms with van der Waals surface area (Å²) in [6.45, 7) is 5.00. The smallest absolute Gasteiger partial charge is 0.228 e. The van der Waals surface area contributed by atoms with Gasteiger partial charge in [0.2, 0.25) is 5.91 Å². The van der Waals surface area contributed by atoms with Gasteiger partial charge in [-0.1, -0.05) is 0 Å². The molecule has 0 radical (unpaired) electrons. The van der Waals surface area contributed by atoms with E-state index in [9.17, 15) is 4.79 Å². The number of amides is 1. The fourth-order valence-electron chi connectivity index (χ4n) is 4.08. The zero-order chi connectivity index (χ0) is 14.9. The molecule has 3 saturated heterocycles. The molecule has 6 nitrogen and oxygen atoms in total. The SMILES string of the molecule is O=C([C@@H]1COC[C@H]2CN(c3ccncn3)C[C@H]21)N1CCCC1. The minimum Gasteiger partial charge on any atom is -0.380 e. The summed E-state index contributed by atoms with van der Waals surface area (Å²) < 4.78 is 5.75. The second-order valence-electron chi connectivity index (χ2n) is 6.57. The highest BCUT2D eigenvalue weighted by Gasteiger charge is 2.45. The molecule has 22 heavy (non-hydrogen) atoms. The summed E-state index contributed by atoms with van der Waals surface area (Å²) in [5, 5.41) is 0. The van der Waals surface area contributed by atoms with E-state index in [4.69, 9.17) is 4.74 Å². The van der Waals surface area contributed by atoms with Gasteiger partial charge in [0.15, 0.2) is 0 Å². The van der Waals surface area contributed by atoms with Crippen molar-refractivity contribution >= 4 is 11.7 Å². The lowest BCUT2D eigenvalue weighted by molar-refractivity contribution is -0.143. The van der Waals surface area contributed by atoms with Gasteiger partial charge in [0.1, 0.15) is 12.1 Å². The van der Waals surface area contributed by atoms with Gasteiger partial charge in [0.25, 0.3) is 0 Å². The average molecular weight is 302 g/mol. The van der Waals surface area contributed by atoms with Crippen LogP contribution in [0.1, 0.15) is 12.8 Å². The van der Waals surface area contributed by atoms with Crippen molar-refractivity contribution in [1.82, 2.24) is 14.9 Å². The van der Waals surface area contributed by atoms with Crippen LogP contribution < -0.4 is 4.90 Å². The van der Waals surface area contributed by atoms with Crippen molar-refractivity contribution in [2.24, 2.45) is 17.8 Å². The fraction of sp³-hybridized carbons (Fsp3) is 0.688. The Balaban J connectivity index is 1.50. The third-order valence-electron chi connectivity index (χ3n) is 5.26. The van der Waals surface area contributed by atoms with Crippen molar-refractivity contribution in [3.63, 3.8) is 0 Å². The van der Waals surface area contributed by atoms with E-state index in [1.54, 1.807) is 12.5 Å². The van der Waals surface area contributed by atoms with E-state index in [1.807, 2.05) is 11.0 Å². The largest absolute Gasteiger partial charge is 0.380 e. The number of hydrogen-bond acceptors (Lipinski definition) is 5. The van der Waals surface area contributed by atoms with Crippen molar-refractivity contribution in [2.45, 2.75) is 12.8 Å². The molecule has 3 aliphatic heterocycles. The van der Waals surface area contributed by atoms with E-state index in [1.165, 1.54) is 0 Å². The predicted octanol–water partition coefficient (Wildman–Crippen LogP) is 0.798. The van der Waals surface area contributed by atoms with Crippen LogP contribution in [0.15, 0.2) is 18.6 Å². The molecule has 0 N–H and O–H groups in total. The number of aromatic nitrogens is 2. The normalized spacial score (nSPS) is 31.4. The van der Waals surface area contributed by atoms with Crippen LogP contribution in [0.5, 0.6) is 0 Å². The molecule has 118 valence electrons. The van der Waals surface area contributed by atoms with Crippen LogP contribution in [0, 0.1) is 17.8 Å². The van der Waals surface area contributed by atoms with Crippen LogP contribution in [0.4, 0.5) is 5.82 Å². The minimum atomic E-state index is 0.0173. The summed E-state index contributed by atoms with van der Waals surface area (Å²) in [4.78, 5) is 25.4. The van der Waals surface area contributed by atoms with Gasteiger partial charge >= 0.3 is 0 Å². The first kappa shape index (κ1) is 13.9. The second kappa shape index (κ2) is 5.83. The van der Waals surface area contributed by atoms with E-state index in [0.29, 0.717) is 24.3 Å². The Kier molecular flexibility index (Phi) is 3.70. The molecule has 0 spiro atoms. The highest BCUT2D eigenvalue weighted by Crippen LogP contribution is 2.36. The van der Waals surface area contributed by atoms with Gasteiger partial charge in [-0.25, -0.2) is 9.97 Å². The topological polar surface area (TPSA) is 58.6 Å². The third-order valence-corrected chi connectivity index (χ3v) is 5.26. The summed E-state index contributed by atoms with van der Waals surface area (Å²) in [6.07, 6.45) is 5.63. The van der Waals surface area contributed by atoms with Crippen LogP contribution in [-0.4, -0.2) is 60.2 Å². The molecule has 0 saturated carbocycles. The molecule has 3 aliphatic rings. The first-order valence-corrected chi connectivity index (χ1v) is 8.20. The van der Waals surface area contributed by atoms with E-state index >= 15 is 0 Å². The lowest BCUT2D eigenvalue weighted by atomic mass is 9.82. The molecule has 0 unspecified atom stereocenters. The number of hydrogen-bond donors (Lipinski definition) is 0. The van der Waals surface area contributed by atoms with Crippen molar-refractivity contribution in [2.75, 3.05) is 44.3 Å². The minimum absolute atomic E-state index is 0.0173. The maximum Gasteiger partial charge on any atom is 0.228 e. The van der Waals surface area contributed by atoms with Crippen molar-refractivity contribution < 1.29 is 9.53 Å². The van der Waals surface area contributed by atoms with Gasteiger partial charge in [0, 0.05) is 38.3 Å². The molecule has 1 aromatic rings. The monoisotopic (exact) mass is 302 g/mol. The number of ether oxygens (including phenoxy) is 1. The molecule has 3 atom stereocenters. The molecule has 4 rings (SSSR count). The molecule has 0 aromatic carbocycles. The van der Waals surface area contributed by atoms with Gasteiger partial charge in [-0.3, -0.25) is 4.79 Å². The molecule has 0 aliphatic carbocycles. The van der Waals surface area contributed by atoms with Gasteiger partial charge in [0.05, 0.1) is 19.1 Å². The molecular formula is C16H22N4O2. The van der Waals surface area contributed by atoms with Crippen molar-refractivity contribution in [3.05, 3.63) is 18.6 Å². The third kappa shape index (κ3) is 2.45. The standard InChI is InChI=1S/C16H22N4O2/c21-16(19-5-1-2-6-19)14-10-22-9-12-7-20(8-13(12)14)15-3-4-17-11-18-15/h3-4,11-14H,1-2,5-10H2/t12-,13-,14-/m1/s1. The predicted molar refractivity (Wildman–Crippen MR) is 81.3 cm³/mol. The number of carbonyl (C=O) groups excluding carboxylic acids is 1. The van der Waals surface area contributed by atoms with Gasteiger partial charge in [-0.05, 0) is 24.8 Å².